The molecule has 2 aromatic rings. The molecular weight excluding hydrogens is 146 g/mol. The molecule has 0 radical (unpaired) electrons. The molecule has 5 heteroatoms. The SMILES string of the molecule is Cn1cnc2c([18F])ncnc21. The fourth-order valence-electron chi connectivity index (χ4n) is 0.917. The van der Waals surface area contributed by atoms with Gasteiger partial charge < -0.3 is 4.57 Å². The Kier molecular flexibility index (Phi) is 1.12. The normalized spacial score (nSPS) is 10.7. The topological polar surface area (TPSA) is 43.6 Å². The number of imidazole rings is 1. The van der Waals surface area contributed by atoms with Gasteiger partial charge in [0.15, 0.2) is 11.2 Å². The molecular formula is C6H5FN4. The van der Waals surface area contributed by atoms with Crippen molar-refractivity contribution < 1.29 is 4.39 Å². The van der Waals surface area contributed by atoms with Crippen molar-refractivity contribution in [3.05, 3.63) is 18.6 Å². The Bertz CT molecular complexity index is 394. The first-order valence-electron chi connectivity index (χ1n) is 3.06. The van der Waals surface area contributed by atoms with Crippen LogP contribution in [0.4, 0.5) is 4.39 Å². The minimum absolute atomic E-state index is 0.218. The molecule has 0 N–H and O–H groups in total. The van der Waals surface area contributed by atoms with E-state index in [2.05, 4.69) is 15.0 Å². The highest BCUT2D eigenvalue weighted by molar-refractivity contribution is 5.69. The largest absolute Gasteiger partial charge is 0.318 e. The number of fused-ring (bicyclic) bond motifs is 1. The van der Waals surface area contributed by atoms with Crippen molar-refractivity contribution >= 4 is 11.2 Å². The predicted molar refractivity (Wildman–Crippen MR) is 36.3 cm³/mol. The molecule has 2 heterocycles. The number of rotatable bonds is 0. The van der Waals surface area contributed by atoms with Crippen LogP contribution in [0.25, 0.3) is 11.2 Å². The zero-order valence-corrected chi connectivity index (χ0v) is 5.82. The number of aryl methyl sites for hydroxylation is 1. The third kappa shape index (κ3) is 0.772. The minimum atomic E-state index is -0.574. The number of nitrogens with zero attached hydrogens (tertiary/aromatic N) is 4. The van der Waals surface area contributed by atoms with Crippen LogP contribution >= 0.6 is 0 Å². The van der Waals surface area contributed by atoms with Crippen molar-refractivity contribution in [2.45, 2.75) is 0 Å². The Morgan fingerprint density at radius 1 is 1.36 bits per heavy atom. The van der Waals surface area contributed by atoms with E-state index in [9.17, 15) is 4.39 Å². The molecule has 0 fully saturated rings. The smallest absolute Gasteiger partial charge is 0.244 e. The van der Waals surface area contributed by atoms with Gasteiger partial charge in [0, 0.05) is 7.05 Å². The summed E-state index contributed by atoms with van der Waals surface area (Å²) in [4.78, 5) is 11.0. The summed E-state index contributed by atoms with van der Waals surface area (Å²) in [6.45, 7) is 0. The number of aromatic nitrogens is 4. The summed E-state index contributed by atoms with van der Waals surface area (Å²) in [7, 11) is 1.75. The molecule has 0 aromatic carbocycles. The van der Waals surface area contributed by atoms with Gasteiger partial charge in [-0.3, -0.25) is 0 Å². The summed E-state index contributed by atoms with van der Waals surface area (Å²) >= 11 is 0. The molecule has 2 aromatic heterocycles. The van der Waals surface area contributed by atoms with Crippen LogP contribution in [0.15, 0.2) is 12.7 Å². The Morgan fingerprint density at radius 2 is 2.18 bits per heavy atom. The summed E-state index contributed by atoms with van der Waals surface area (Å²) in [5.74, 6) is -0.574. The monoisotopic (exact) mass is 151 g/mol. The molecule has 0 bridgehead atoms. The Morgan fingerprint density at radius 3 is 2.91 bits per heavy atom. The average molecular weight is 151 g/mol. The molecule has 0 saturated carbocycles. The highest BCUT2D eigenvalue weighted by Crippen LogP contribution is 2.08. The van der Waals surface area contributed by atoms with Crippen molar-refractivity contribution in [1.82, 2.24) is 19.5 Å². The molecule has 2 rings (SSSR count). The summed E-state index contributed by atoms with van der Waals surface area (Å²) < 4.78 is 14.4. The number of halogens is 1. The first-order valence-corrected chi connectivity index (χ1v) is 3.06. The highest BCUT2D eigenvalue weighted by atomic mass is 18.2. The summed E-state index contributed by atoms with van der Waals surface area (Å²) in [6, 6.07) is 0. The minimum Gasteiger partial charge on any atom is -0.318 e. The molecule has 4 nitrogen and oxygen atoms in total. The highest BCUT2D eigenvalue weighted by Gasteiger charge is 2.05. The maximum atomic E-state index is 12.8. The lowest BCUT2D eigenvalue weighted by Gasteiger charge is -1.90. The van der Waals surface area contributed by atoms with Crippen LogP contribution in [0.2, 0.25) is 0 Å². The van der Waals surface area contributed by atoms with Crippen LogP contribution in [0, 0.1) is 5.95 Å². The van der Waals surface area contributed by atoms with E-state index in [1.807, 2.05) is 0 Å². The fourth-order valence-corrected chi connectivity index (χ4v) is 0.917. The van der Waals surface area contributed by atoms with E-state index in [0.717, 1.165) is 0 Å². The quantitative estimate of drug-likeness (QED) is 0.515. The molecule has 0 amide bonds. The maximum absolute atomic E-state index is 12.8. The van der Waals surface area contributed by atoms with E-state index in [1.165, 1.54) is 12.7 Å². The van der Waals surface area contributed by atoms with E-state index < -0.39 is 5.95 Å². The van der Waals surface area contributed by atoms with Gasteiger partial charge >= 0.3 is 0 Å². The van der Waals surface area contributed by atoms with Crippen LogP contribution in [0.3, 0.4) is 0 Å². The third-order valence-corrected chi connectivity index (χ3v) is 1.45. The molecule has 0 aliphatic rings. The predicted octanol–water partition coefficient (Wildman–Crippen LogP) is 0.502. The van der Waals surface area contributed by atoms with Crippen molar-refractivity contribution in [2.24, 2.45) is 7.05 Å². The molecule has 56 valence electrons. The molecule has 0 unspecified atom stereocenters. The van der Waals surface area contributed by atoms with E-state index in [1.54, 1.807) is 11.6 Å². The van der Waals surface area contributed by atoms with E-state index in [4.69, 9.17) is 0 Å². The van der Waals surface area contributed by atoms with Gasteiger partial charge in [-0.2, -0.15) is 4.39 Å². The Balaban J connectivity index is 2.94. The first-order chi connectivity index (χ1) is 5.29. The average Bonchev–Trinajstić information content (AvgIpc) is 2.35. The van der Waals surface area contributed by atoms with Gasteiger partial charge in [-0.05, 0) is 0 Å². The van der Waals surface area contributed by atoms with Gasteiger partial charge in [0.2, 0.25) is 5.95 Å². The Hall–Kier alpha value is -1.52. The molecule has 0 aliphatic heterocycles. The van der Waals surface area contributed by atoms with Gasteiger partial charge in [0.1, 0.15) is 6.33 Å². The molecule has 0 atom stereocenters. The van der Waals surface area contributed by atoms with Crippen LogP contribution < -0.4 is 0 Å². The lowest BCUT2D eigenvalue weighted by molar-refractivity contribution is 0.591. The second kappa shape index (κ2) is 1.98. The molecule has 0 aliphatic carbocycles. The third-order valence-electron chi connectivity index (χ3n) is 1.45. The fraction of sp³-hybridized carbons (Fsp3) is 0.167. The van der Waals surface area contributed by atoms with Crippen molar-refractivity contribution in [3.8, 4) is 0 Å². The van der Waals surface area contributed by atoms with Crippen LogP contribution in [-0.4, -0.2) is 19.5 Å². The standard InChI is InChI=1S/C6H5FN4/c1-11-3-10-4-5(7)8-2-9-6(4)11/h2-3H,1H3/i7-1. The molecule has 11 heavy (non-hydrogen) atoms. The van der Waals surface area contributed by atoms with E-state index >= 15 is 0 Å². The van der Waals surface area contributed by atoms with Crippen molar-refractivity contribution in [3.63, 3.8) is 0 Å². The van der Waals surface area contributed by atoms with Gasteiger partial charge in [0.25, 0.3) is 0 Å². The lowest BCUT2D eigenvalue weighted by Crippen LogP contribution is -1.90. The maximum Gasteiger partial charge on any atom is 0.244 e. The molecule has 0 saturated heterocycles. The first kappa shape index (κ1) is 6.21. The second-order valence-corrected chi connectivity index (χ2v) is 2.19. The Labute approximate surface area is 61.7 Å². The number of hydrogen-bond acceptors (Lipinski definition) is 3. The van der Waals surface area contributed by atoms with E-state index in [0.29, 0.717) is 5.65 Å². The van der Waals surface area contributed by atoms with Gasteiger partial charge in [-0.25, -0.2) is 15.0 Å². The van der Waals surface area contributed by atoms with Gasteiger partial charge in [-0.15, -0.1) is 0 Å². The van der Waals surface area contributed by atoms with Crippen LogP contribution in [-0.2, 0) is 7.05 Å². The summed E-state index contributed by atoms with van der Waals surface area (Å²) in [6.07, 6.45) is 2.68. The van der Waals surface area contributed by atoms with Crippen molar-refractivity contribution in [2.75, 3.05) is 0 Å². The number of hydrogen-bond donors (Lipinski definition) is 0. The van der Waals surface area contributed by atoms with Gasteiger partial charge in [-0.1, -0.05) is 0 Å². The van der Waals surface area contributed by atoms with Crippen molar-refractivity contribution in [1.29, 1.82) is 0 Å². The zero-order chi connectivity index (χ0) is 7.84. The summed E-state index contributed by atoms with van der Waals surface area (Å²) in [5.41, 5.74) is 0.729. The van der Waals surface area contributed by atoms with Gasteiger partial charge in [0.05, 0.1) is 6.33 Å². The second-order valence-electron chi connectivity index (χ2n) is 2.19. The van der Waals surface area contributed by atoms with Crippen LogP contribution in [0.1, 0.15) is 0 Å². The van der Waals surface area contributed by atoms with Crippen LogP contribution in [0.5, 0.6) is 0 Å². The van der Waals surface area contributed by atoms with E-state index in [-0.39, 0.29) is 5.52 Å². The lowest BCUT2D eigenvalue weighted by atomic mass is 10.5. The molecule has 0 spiro atoms. The zero-order valence-electron chi connectivity index (χ0n) is 5.82. The summed E-state index contributed by atoms with van der Waals surface area (Å²) in [5, 5.41) is 0.